The van der Waals surface area contributed by atoms with Gasteiger partial charge in [0.05, 0.1) is 13.0 Å². The Hall–Kier alpha value is -3.10. The molecule has 1 aliphatic heterocycles. The van der Waals surface area contributed by atoms with E-state index in [1.54, 1.807) is 12.0 Å². The van der Waals surface area contributed by atoms with Gasteiger partial charge in [-0.3, -0.25) is 19.3 Å². The summed E-state index contributed by atoms with van der Waals surface area (Å²) in [4.78, 5) is 54.3. The standard InChI is InChI=1S/C28H42N4O5/c1-20(2)15-16-29-25(33)10-6-7-17-31-27(35)23-8-4-5-9-24(23)32(28(31)36)19-26(34)30-18-21-11-13-22(37-3)14-12-21/h11-14,20,23-24H,4-10,15-19H2,1-3H3,(H,29,33)(H,30,34). The van der Waals surface area contributed by atoms with Crippen LogP contribution in [0.1, 0.15) is 70.8 Å². The normalized spacial score (nSPS) is 19.6. The van der Waals surface area contributed by atoms with Gasteiger partial charge in [0.1, 0.15) is 12.3 Å². The van der Waals surface area contributed by atoms with Crippen LogP contribution in [0.5, 0.6) is 5.75 Å². The van der Waals surface area contributed by atoms with Gasteiger partial charge >= 0.3 is 6.03 Å². The van der Waals surface area contributed by atoms with E-state index in [9.17, 15) is 19.2 Å². The van der Waals surface area contributed by atoms with E-state index >= 15 is 0 Å². The topological polar surface area (TPSA) is 108 Å². The number of benzene rings is 1. The van der Waals surface area contributed by atoms with Crippen molar-refractivity contribution in [1.29, 1.82) is 0 Å². The first-order valence-corrected chi connectivity index (χ1v) is 13.6. The van der Waals surface area contributed by atoms with E-state index in [2.05, 4.69) is 24.5 Å². The SMILES string of the molecule is COc1ccc(CNC(=O)CN2C(=O)N(CCCCC(=O)NCCC(C)C)C(=O)C3CCCCC32)cc1. The number of amides is 5. The van der Waals surface area contributed by atoms with E-state index in [-0.39, 0.29) is 42.8 Å². The molecule has 2 aliphatic rings. The third-order valence-corrected chi connectivity index (χ3v) is 7.23. The molecule has 9 nitrogen and oxygen atoms in total. The summed E-state index contributed by atoms with van der Waals surface area (Å²) in [6, 6.07) is 6.81. The van der Waals surface area contributed by atoms with Crippen LogP contribution < -0.4 is 15.4 Å². The summed E-state index contributed by atoms with van der Waals surface area (Å²) >= 11 is 0. The molecule has 2 fully saturated rings. The number of nitrogens with one attached hydrogen (secondary N) is 2. The second-order valence-corrected chi connectivity index (χ2v) is 10.5. The van der Waals surface area contributed by atoms with Crippen LogP contribution in [0, 0.1) is 11.8 Å². The number of urea groups is 1. The highest BCUT2D eigenvalue weighted by Crippen LogP contribution is 2.34. The highest BCUT2D eigenvalue weighted by atomic mass is 16.5. The monoisotopic (exact) mass is 514 g/mol. The Bertz CT molecular complexity index is 933. The predicted molar refractivity (Wildman–Crippen MR) is 141 cm³/mol. The van der Waals surface area contributed by atoms with Crippen molar-refractivity contribution in [2.75, 3.05) is 26.7 Å². The zero-order valence-electron chi connectivity index (χ0n) is 22.5. The van der Waals surface area contributed by atoms with Crippen molar-refractivity contribution in [3.05, 3.63) is 29.8 Å². The molecule has 3 rings (SSSR count). The Morgan fingerprint density at radius 2 is 1.76 bits per heavy atom. The van der Waals surface area contributed by atoms with Crippen LogP contribution in [-0.2, 0) is 20.9 Å². The second kappa shape index (κ2) is 14.0. The van der Waals surface area contributed by atoms with Gasteiger partial charge in [-0.1, -0.05) is 38.8 Å². The number of unbranched alkanes of at least 4 members (excludes halogenated alkanes) is 1. The van der Waals surface area contributed by atoms with Gasteiger partial charge in [-0.2, -0.15) is 0 Å². The minimum Gasteiger partial charge on any atom is -0.497 e. The number of carbonyl (C=O) groups is 4. The zero-order chi connectivity index (χ0) is 26.8. The molecule has 0 radical (unpaired) electrons. The lowest BCUT2D eigenvalue weighted by molar-refractivity contribution is -0.142. The molecule has 2 atom stereocenters. The van der Waals surface area contributed by atoms with Crippen molar-refractivity contribution < 1.29 is 23.9 Å². The molecule has 0 spiro atoms. The van der Waals surface area contributed by atoms with E-state index in [4.69, 9.17) is 4.74 Å². The summed E-state index contributed by atoms with van der Waals surface area (Å²) in [6.45, 7) is 5.44. The molecular formula is C28H42N4O5. The molecule has 204 valence electrons. The van der Waals surface area contributed by atoms with Gasteiger partial charge in [0.2, 0.25) is 17.7 Å². The lowest BCUT2D eigenvalue weighted by atomic mass is 9.81. The van der Waals surface area contributed by atoms with E-state index in [1.807, 2.05) is 24.3 Å². The summed E-state index contributed by atoms with van der Waals surface area (Å²) in [5.41, 5.74) is 0.930. The first kappa shape index (κ1) is 28.5. The van der Waals surface area contributed by atoms with Crippen molar-refractivity contribution in [3.8, 4) is 5.75 Å². The van der Waals surface area contributed by atoms with Crippen LogP contribution in [0.15, 0.2) is 24.3 Å². The van der Waals surface area contributed by atoms with Crippen molar-refractivity contribution in [2.45, 2.75) is 77.8 Å². The third-order valence-electron chi connectivity index (χ3n) is 7.23. The van der Waals surface area contributed by atoms with Crippen molar-refractivity contribution in [3.63, 3.8) is 0 Å². The Kier molecular flexibility index (Phi) is 10.8. The van der Waals surface area contributed by atoms with Crippen LogP contribution in [0.3, 0.4) is 0 Å². The van der Waals surface area contributed by atoms with Crippen LogP contribution in [0.4, 0.5) is 4.79 Å². The molecule has 1 heterocycles. The van der Waals surface area contributed by atoms with Crippen LogP contribution in [0.2, 0.25) is 0 Å². The molecule has 1 aromatic carbocycles. The highest BCUT2D eigenvalue weighted by molar-refractivity contribution is 6.00. The second-order valence-electron chi connectivity index (χ2n) is 10.5. The van der Waals surface area contributed by atoms with Gasteiger partial charge in [-0.15, -0.1) is 0 Å². The number of methoxy groups -OCH3 is 1. The molecule has 2 unspecified atom stereocenters. The van der Waals surface area contributed by atoms with Crippen LogP contribution in [0.25, 0.3) is 0 Å². The fourth-order valence-electron chi connectivity index (χ4n) is 5.05. The van der Waals surface area contributed by atoms with Crippen molar-refractivity contribution >= 4 is 23.8 Å². The highest BCUT2D eigenvalue weighted by Gasteiger charge is 2.47. The molecule has 1 saturated carbocycles. The minimum absolute atomic E-state index is 0.000510. The molecular weight excluding hydrogens is 472 g/mol. The first-order valence-electron chi connectivity index (χ1n) is 13.6. The molecule has 2 N–H and O–H groups in total. The van der Waals surface area contributed by atoms with E-state index in [0.717, 1.165) is 43.4 Å². The summed E-state index contributed by atoms with van der Waals surface area (Å²) in [5, 5.41) is 5.81. The maximum absolute atomic E-state index is 13.4. The Balaban J connectivity index is 1.53. The fraction of sp³-hybridized carbons (Fsp3) is 0.643. The summed E-state index contributed by atoms with van der Waals surface area (Å²) in [6.07, 6.45) is 5.83. The van der Waals surface area contributed by atoms with Crippen molar-refractivity contribution in [1.82, 2.24) is 20.4 Å². The van der Waals surface area contributed by atoms with Gasteiger partial charge in [-0.25, -0.2) is 4.79 Å². The molecule has 5 amide bonds. The summed E-state index contributed by atoms with van der Waals surface area (Å²) < 4.78 is 5.16. The minimum atomic E-state index is -0.394. The largest absolute Gasteiger partial charge is 0.497 e. The fourth-order valence-corrected chi connectivity index (χ4v) is 5.05. The number of hydrogen-bond acceptors (Lipinski definition) is 5. The Morgan fingerprint density at radius 3 is 2.46 bits per heavy atom. The smallest absolute Gasteiger partial charge is 0.327 e. The number of fused-ring (bicyclic) bond motifs is 1. The molecule has 0 aromatic heterocycles. The molecule has 1 aromatic rings. The molecule has 37 heavy (non-hydrogen) atoms. The zero-order valence-corrected chi connectivity index (χ0v) is 22.5. The van der Waals surface area contributed by atoms with E-state index in [1.165, 1.54) is 4.90 Å². The van der Waals surface area contributed by atoms with Gasteiger partial charge in [0.15, 0.2) is 0 Å². The number of hydrogen-bond donors (Lipinski definition) is 2. The third kappa shape index (κ3) is 8.20. The number of imide groups is 1. The number of ether oxygens (including phenoxy) is 1. The van der Waals surface area contributed by atoms with Gasteiger partial charge in [0.25, 0.3) is 0 Å². The van der Waals surface area contributed by atoms with Gasteiger partial charge < -0.3 is 20.3 Å². The Morgan fingerprint density at radius 1 is 1.03 bits per heavy atom. The van der Waals surface area contributed by atoms with Crippen LogP contribution >= 0.6 is 0 Å². The summed E-state index contributed by atoms with van der Waals surface area (Å²) in [5.74, 6) is 0.632. The predicted octanol–water partition coefficient (Wildman–Crippen LogP) is 3.47. The average molecular weight is 515 g/mol. The number of rotatable bonds is 13. The first-order chi connectivity index (χ1) is 17.8. The van der Waals surface area contributed by atoms with E-state index in [0.29, 0.717) is 38.3 Å². The lowest BCUT2D eigenvalue weighted by Crippen LogP contribution is -2.63. The molecule has 1 aliphatic carbocycles. The Labute approximate surface area is 220 Å². The maximum atomic E-state index is 13.4. The van der Waals surface area contributed by atoms with Crippen LogP contribution in [-0.4, -0.2) is 66.3 Å². The molecule has 9 heteroatoms. The van der Waals surface area contributed by atoms with E-state index < -0.39 is 6.03 Å². The molecule has 1 saturated heterocycles. The quantitative estimate of drug-likeness (QED) is 0.392. The lowest BCUT2D eigenvalue weighted by Gasteiger charge is -2.46. The average Bonchev–Trinajstić information content (AvgIpc) is 2.89. The maximum Gasteiger partial charge on any atom is 0.327 e. The summed E-state index contributed by atoms with van der Waals surface area (Å²) in [7, 11) is 1.60. The van der Waals surface area contributed by atoms with Gasteiger partial charge in [-0.05, 0) is 55.7 Å². The number of carbonyl (C=O) groups excluding carboxylic acids is 4. The van der Waals surface area contributed by atoms with Gasteiger partial charge in [0, 0.05) is 32.1 Å². The number of nitrogens with zero attached hydrogens (tertiary/aromatic N) is 2. The van der Waals surface area contributed by atoms with Crippen molar-refractivity contribution in [2.24, 2.45) is 11.8 Å². The molecule has 0 bridgehead atoms.